The highest BCUT2D eigenvalue weighted by Crippen LogP contribution is 2.16. The zero-order valence-corrected chi connectivity index (χ0v) is 11.5. The van der Waals surface area contributed by atoms with Gasteiger partial charge in [0, 0.05) is 17.2 Å². The summed E-state index contributed by atoms with van der Waals surface area (Å²) >= 11 is 5.48. The summed E-state index contributed by atoms with van der Waals surface area (Å²) in [6.07, 6.45) is 0. The molecule has 0 heterocycles. The van der Waals surface area contributed by atoms with Crippen molar-refractivity contribution < 1.29 is 14.6 Å². The van der Waals surface area contributed by atoms with E-state index in [-0.39, 0.29) is 5.69 Å². The Morgan fingerprint density at radius 2 is 1.67 bits per heavy atom. The summed E-state index contributed by atoms with van der Waals surface area (Å²) in [5.74, 6) is 0.518. The predicted molar refractivity (Wildman–Crippen MR) is 77.0 cm³/mol. The summed E-state index contributed by atoms with van der Waals surface area (Å²) in [6.45, 7) is -0.482. The van der Waals surface area contributed by atoms with Crippen LogP contribution in [0, 0.1) is 20.2 Å². The number of ether oxygens (including phenoxy) is 1. The van der Waals surface area contributed by atoms with Crippen molar-refractivity contribution in [2.24, 2.45) is 0 Å². The molecule has 0 saturated carbocycles. The third-order valence-corrected chi connectivity index (χ3v) is 2.33. The zero-order valence-electron chi connectivity index (χ0n) is 10.7. The van der Waals surface area contributed by atoms with Gasteiger partial charge in [-0.15, -0.1) is 0 Å². The Morgan fingerprint density at radius 1 is 1.00 bits per heavy atom. The highest BCUT2D eigenvalue weighted by Gasteiger charge is 2.02. The van der Waals surface area contributed by atoms with E-state index >= 15 is 0 Å². The third kappa shape index (κ3) is 6.88. The molecule has 0 aliphatic rings. The number of hydrogen-bond donors (Lipinski definition) is 0. The number of nitro groups is 2. The normalized spacial score (nSPS) is 9.19. The van der Waals surface area contributed by atoms with Gasteiger partial charge in [0.1, 0.15) is 5.75 Å². The van der Waals surface area contributed by atoms with Crippen LogP contribution in [0.4, 0.5) is 5.69 Å². The average molecular weight is 311 g/mol. The molecule has 0 aliphatic carbocycles. The lowest BCUT2D eigenvalue weighted by molar-refractivity contribution is -0.514. The van der Waals surface area contributed by atoms with Gasteiger partial charge >= 0.3 is 6.73 Å². The molecular formula is C13H11ClN2O5. The minimum Gasteiger partial charge on any atom is -0.432 e. The fourth-order valence-electron chi connectivity index (χ4n) is 1.23. The zero-order chi connectivity index (χ0) is 15.7. The number of rotatable bonds is 4. The number of nitro benzene ring substituents is 1. The van der Waals surface area contributed by atoms with E-state index in [0.717, 1.165) is 0 Å². The summed E-state index contributed by atoms with van der Waals surface area (Å²) in [4.78, 5) is 19.0. The number of benzene rings is 2. The van der Waals surface area contributed by atoms with Crippen LogP contribution in [0.15, 0.2) is 54.6 Å². The van der Waals surface area contributed by atoms with Gasteiger partial charge in [-0.25, -0.2) is 0 Å². The van der Waals surface area contributed by atoms with E-state index < -0.39 is 16.6 Å². The van der Waals surface area contributed by atoms with E-state index in [4.69, 9.17) is 16.3 Å². The van der Waals surface area contributed by atoms with Gasteiger partial charge in [0.25, 0.3) is 5.69 Å². The molecule has 8 heteroatoms. The SMILES string of the molecule is O=[N+]([O-])COc1ccccc1.O=[N+]([O-])c1cccc(Cl)c1. The molecule has 0 spiro atoms. The molecule has 2 aromatic carbocycles. The van der Waals surface area contributed by atoms with E-state index in [1.165, 1.54) is 12.1 Å². The van der Waals surface area contributed by atoms with Crippen LogP contribution >= 0.6 is 11.6 Å². The highest BCUT2D eigenvalue weighted by atomic mass is 35.5. The Labute approximate surface area is 125 Å². The maximum atomic E-state index is 10.1. The molecule has 7 nitrogen and oxygen atoms in total. The monoisotopic (exact) mass is 310 g/mol. The van der Waals surface area contributed by atoms with Crippen molar-refractivity contribution in [2.75, 3.05) is 6.73 Å². The average Bonchev–Trinajstić information content (AvgIpc) is 2.47. The maximum Gasteiger partial charge on any atom is 0.344 e. The standard InChI is InChI=1S/C7H7NO3.C6H4ClNO2/c9-8(10)6-11-7-4-2-1-3-5-7;7-5-2-1-3-6(4-5)8(9)10/h1-5H,6H2;1-4H. The van der Waals surface area contributed by atoms with Crippen molar-refractivity contribution >= 4 is 17.3 Å². The van der Waals surface area contributed by atoms with Crippen LogP contribution in [-0.4, -0.2) is 16.6 Å². The lowest BCUT2D eigenvalue weighted by Crippen LogP contribution is -2.07. The first-order chi connectivity index (χ1) is 9.99. The molecule has 0 amide bonds. The predicted octanol–water partition coefficient (Wildman–Crippen LogP) is 3.55. The minimum atomic E-state index is -0.521. The maximum absolute atomic E-state index is 10.1. The minimum absolute atomic E-state index is 0.0208. The number of halogens is 1. The number of hydrogen-bond acceptors (Lipinski definition) is 5. The number of non-ortho nitro benzene ring substituents is 1. The molecule has 0 aromatic heterocycles. The first-order valence-corrected chi connectivity index (χ1v) is 6.06. The van der Waals surface area contributed by atoms with Gasteiger partial charge in [-0.3, -0.25) is 20.2 Å². The van der Waals surface area contributed by atoms with Crippen molar-refractivity contribution in [1.29, 1.82) is 0 Å². The highest BCUT2D eigenvalue weighted by molar-refractivity contribution is 6.30. The number of nitrogens with zero attached hydrogens (tertiary/aromatic N) is 2. The van der Waals surface area contributed by atoms with E-state index in [2.05, 4.69) is 0 Å². The van der Waals surface area contributed by atoms with Gasteiger partial charge in [-0.05, 0) is 18.2 Å². The van der Waals surface area contributed by atoms with Crippen molar-refractivity contribution in [3.05, 3.63) is 79.8 Å². The molecule has 0 radical (unpaired) electrons. The van der Waals surface area contributed by atoms with Crippen LogP contribution in [0.2, 0.25) is 5.02 Å². The Hall–Kier alpha value is -2.67. The van der Waals surface area contributed by atoms with Crippen LogP contribution < -0.4 is 4.74 Å². The first kappa shape index (κ1) is 16.4. The summed E-state index contributed by atoms with van der Waals surface area (Å²) in [6, 6.07) is 14.5. The molecule has 2 rings (SSSR count). The van der Waals surface area contributed by atoms with Crippen LogP contribution in [0.5, 0.6) is 5.75 Å². The van der Waals surface area contributed by atoms with Crippen molar-refractivity contribution in [1.82, 2.24) is 0 Å². The van der Waals surface area contributed by atoms with E-state index in [1.807, 2.05) is 6.07 Å². The largest absolute Gasteiger partial charge is 0.432 e. The smallest absolute Gasteiger partial charge is 0.344 e. The fourth-order valence-corrected chi connectivity index (χ4v) is 1.42. The molecule has 21 heavy (non-hydrogen) atoms. The molecule has 0 saturated heterocycles. The quantitative estimate of drug-likeness (QED) is 0.489. The van der Waals surface area contributed by atoms with Gasteiger partial charge in [-0.2, -0.15) is 0 Å². The second-order valence-corrected chi connectivity index (χ2v) is 4.09. The van der Waals surface area contributed by atoms with E-state index in [1.54, 1.807) is 36.4 Å². The summed E-state index contributed by atoms with van der Waals surface area (Å²) < 4.78 is 4.77. The lowest BCUT2D eigenvalue weighted by Gasteiger charge is -1.98. The first-order valence-electron chi connectivity index (χ1n) is 5.68. The summed E-state index contributed by atoms with van der Waals surface area (Å²) in [5.41, 5.74) is 0.0208. The van der Waals surface area contributed by atoms with Gasteiger partial charge in [-0.1, -0.05) is 35.9 Å². The second-order valence-electron chi connectivity index (χ2n) is 3.66. The molecule has 110 valence electrons. The van der Waals surface area contributed by atoms with Gasteiger partial charge in [0.05, 0.1) is 9.85 Å². The van der Waals surface area contributed by atoms with Crippen LogP contribution in [0.1, 0.15) is 0 Å². The van der Waals surface area contributed by atoms with Crippen molar-refractivity contribution in [2.45, 2.75) is 0 Å². The van der Waals surface area contributed by atoms with Crippen molar-refractivity contribution in [3.63, 3.8) is 0 Å². The van der Waals surface area contributed by atoms with Gasteiger partial charge in [0.15, 0.2) is 0 Å². The molecule has 2 aromatic rings. The molecule has 0 unspecified atom stereocenters. The van der Waals surface area contributed by atoms with Crippen molar-refractivity contribution in [3.8, 4) is 5.75 Å². The second kappa shape index (κ2) is 8.49. The molecular weight excluding hydrogens is 300 g/mol. The summed E-state index contributed by atoms with van der Waals surface area (Å²) in [7, 11) is 0. The summed E-state index contributed by atoms with van der Waals surface area (Å²) in [5, 5.41) is 20.3. The van der Waals surface area contributed by atoms with E-state index in [0.29, 0.717) is 10.8 Å². The van der Waals surface area contributed by atoms with Crippen LogP contribution in [0.3, 0.4) is 0 Å². The molecule has 0 bridgehead atoms. The molecule has 0 aliphatic heterocycles. The van der Waals surface area contributed by atoms with Gasteiger partial charge in [0.2, 0.25) is 0 Å². The fraction of sp³-hybridized carbons (Fsp3) is 0.0769. The third-order valence-electron chi connectivity index (χ3n) is 2.10. The lowest BCUT2D eigenvalue weighted by atomic mass is 10.3. The van der Waals surface area contributed by atoms with Crippen LogP contribution in [0.25, 0.3) is 0 Å². The topological polar surface area (TPSA) is 95.5 Å². The molecule has 0 fully saturated rings. The molecule has 0 atom stereocenters. The van der Waals surface area contributed by atoms with Crippen LogP contribution in [-0.2, 0) is 0 Å². The molecule has 0 N–H and O–H groups in total. The Bertz CT molecular complexity index is 607. The Balaban J connectivity index is 0.000000211. The number of para-hydroxylation sites is 1. The Kier molecular flexibility index (Phi) is 6.62. The Morgan fingerprint density at radius 3 is 2.14 bits per heavy atom. The van der Waals surface area contributed by atoms with E-state index in [9.17, 15) is 20.2 Å². The van der Waals surface area contributed by atoms with Gasteiger partial charge < -0.3 is 4.74 Å².